The number of hydrogen-bond donors (Lipinski definition) is 2. The minimum atomic E-state index is -1.82. The molecule has 2 aromatic carbocycles. The monoisotopic (exact) mass is 314 g/mol. The van der Waals surface area contributed by atoms with Crippen LogP contribution in [0.5, 0.6) is 5.75 Å². The fraction of sp³-hybridized carbons (Fsp3) is 0.0769. The Labute approximate surface area is 125 Å². The number of halogens is 3. The SMILES string of the molecule is OB(O)c1cc(F)ccc1OCc1cccc(Cl)c1Cl. The van der Waals surface area contributed by atoms with E-state index in [1.54, 1.807) is 18.2 Å². The molecule has 0 aliphatic carbocycles. The van der Waals surface area contributed by atoms with Gasteiger partial charge < -0.3 is 14.8 Å². The highest BCUT2D eigenvalue weighted by atomic mass is 35.5. The summed E-state index contributed by atoms with van der Waals surface area (Å²) in [7, 11) is -1.82. The highest BCUT2D eigenvalue weighted by molar-refractivity contribution is 6.59. The van der Waals surface area contributed by atoms with E-state index in [-0.39, 0.29) is 17.8 Å². The van der Waals surface area contributed by atoms with E-state index in [0.29, 0.717) is 15.6 Å². The molecule has 2 aromatic rings. The van der Waals surface area contributed by atoms with E-state index >= 15 is 0 Å². The van der Waals surface area contributed by atoms with Crippen LogP contribution in [-0.4, -0.2) is 17.2 Å². The van der Waals surface area contributed by atoms with E-state index in [0.717, 1.165) is 6.07 Å². The molecule has 0 fully saturated rings. The highest BCUT2D eigenvalue weighted by Crippen LogP contribution is 2.26. The second kappa shape index (κ2) is 6.46. The van der Waals surface area contributed by atoms with Crippen LogP contribution >= 0.6 is 23.2 Å². The molecular weight excluding hydrogens is 305 g/mol. The van der Waals surface area contributed by atoms with Crippen LogP contribution in [0.25, 0.3) is 0 Å². The van der Waals surface area contributed by atoms with Gasteiger partial charge in [0.1, 0.15) is 18.2 Å². The molecule has 104 valence electrons. The molecule has 0 aliphatic rings. The molecule has 0 saturated carbocycles. The highest BCUT2D eigenvalue weighted by Gasteiger charge is 2.18. The van der Waals surface area contributed by atoms with Gasteiger partial charge >= 0.3 is 7.12 Å². The summed E-state index contributed by atoms with van der Waals surface area (Å²) in [5, 5.41) is 19.1. The van der Waals surface area contributed by atoms with Gasteiger partial charge in [-0.2, -0.15) is 0 Å². The van der Waals surface area contributed by atoms with E-state index in [1.807, 2.05) is 0 Å². The summed E-state index contributed by atoms with van der Waals surface area (Å²) >= 11 is 11.9. The predicted molar refractivity (Wildman–Crippen MR) is 77.0 cm³/mol. The van der Waals surface area contributed by atoms with Crippen molar-refractivity contribution in [1.29, 1.82) is 0 Å². The van der Waals surface area contributed by atoms with Crippen LogP contribution in [0.3, 0.4) is 0 Å². The average Bonchev–Trinajstić information content (AvgIpc) is 2.41. The Hall–Kier alpha value is -1.27. The van der Waals surface area contributed by atoms with Crippen LogP contribution < -0.4 is 10.2 Å². The number of hydrogen-bond acceptors (Lipinski definition) is 3. The lowest BCUT2D eigenvalue weighted by molar-refractivity contribution is 0.306. The van der Waals surface area contributed by atoms with Crippen molar-refractivity contribution < 1.29 is 19.2 Å². The minimum absolute atomic E-state index is 0.0526. The van der Waals surface area contributed by atoms with Crippen LogP contribution in [-0.2, 0) is 6.61 Å². The molecule has 0 aliphatic heterocycles. The third-order valence-electron chi connectivity index (χ3n) is 2.66. The largest absolute Gasteiger partial charge is 0.492 e. The van der Waals surface area contributed by atoms with E-state index < -0.39 is 12.9 Å². The zero-order valence-electron chi connectivity index (χ0n) is 10.2. The van der Waals surface area contributed by atoms with E-state index in [9.17, 15) is 14.4 Å². The van der Waals surface area contributed by atoms with Gasteiger partial charge in [-0.1, -0.05) is 35.3 Å². The Morgan fingerprint density at radius 3 is 2.60 bits per heavy atom. The van der Waals surface area contributed by atoms with Crippen LogP contribution in [0.15, 0.2) is 36.4 Å². The maximum atomic E-state index is 13.1. The molecule has 0 radical (unpaired) electrons. The Kier molecular flexibility index (Phi) is 4.88. The molecule has 0 saturated heterocycles. The molecule has 7 heteroatoms. The first kappa shape index (κ1) is 15.1. The third-order valence-corrected chi connectivity index (χ3v) is 3.52. The van der Waals surface area contributed by atoms with Crippen molar-refractivity contribution in [1.82, 2.24) is 0 Å². The van der Waals surface area contributed by atoms with Crippen molar-refractivity contribution in [2.45, 2.75) is 6.61 Å². The number of rotatable bonds is 4. The maximum Gasteiger partial charge on any atom is 0.492 e. The standard InChI is InChI=1S/C13H10BCl2FO3/c15-11-3-1-2-8(13(11)16)7-20-12-5-4-9(17)6-10(12)14(18)19/h1-6,18-19H,7H2. The zero-order chi connectivity index (χ0) is 14.7. The lowest BCUT2D eigenvalue weighted by Gasteiger charge is -2.12. The minimum Gasteiger partial charge on any atom is -0.489 e. The van der Waals surface area contributed by atoms with Crippen molar-refractivity contribution >= 4 is 35.8 Å². The van der Waals surface area contributed by atoms with E-state index in [4.69, 9.17) is 27.9 Å². The van der Waals surface area contributed by atoms with Crippen molar-refractivity contribution in [3.63, 3.8) is 0 Å². The van der Waals surface area contributed by atoms with Gasteiger partial charge in [0, 0.05) is 11.0 Å². The summed E-state index contributed by atoms with van der Waals surface area (Å²) in [5.74, 6) is -0.418. The van der Waals surface area contributed by atoms with Crippen molar-refractivity contribution in [2.75, 3.05) is 0 Å². The van der Waals surface area contributed by atoms with Crippen molar-refractivity contribution in [3.8, 4) is 5.75 Å². The zero-order valence-corrected chi connectivity index (χ0v) is 11.7. The predicted octanol–water partition coefficient (Wildman–Crippen LogP) is 2.39. The third kappa shape index (κ3) is 3.43. The van der Waals surface area contributed by atoms with Crippen LogP contribution in [0.1, 0.15) is 5.56 Å². The first-order valence-electron chi connectivity index (χ1n) is 5.70. The molecule has 0 atom stereocenters. The van der Waals surface area contributed by atoms with Crippen molar-refractivity contribution in [3.05, 3.63) is 57.8 Å². The quantitative estimate of drug-likeness (QED) is 0.852. The first-order valence-corrected chi connectivity index (χ1v) is 6.46. The van der Waals surface area contributed by atoms with Crippen LogP contribution in [0.2, 0.25) is 10.0 Å². The Balaban J connectivity index is 2.21. The first-order chi connectivity index (χ1) is 9.49. The lowest BCUT2D eigenvalue weighted by atomic mass is 9.79. The molecule has 2 rings (SSSR count). The van der Waals surface area contributed by atoms with E-state index in [2.05, 4.69) is 0 Å². The van der Waals surface area contributed by atoms with Gasteiger partial charge in [0.15, 0.2) is 0 Å². The molecule has 0 unspecified atom stereocenters. The number of ether oxygens (including phenoxy) is 1. The molecule has 2 N–H and O–H groups in total. The second-order valence-electron chi connectivity index (χ2n) is 4.06. The Bertz CT molecular complexity index is 623. The normalized spacial score (nSPS) is 10.4. The maximum absolute atomic E-state index is 13.1. The van der Waals surface area contributed by atoms with Gasteiger partial charge in [-0.3, -0.25) is 0 Å². The van der Waals surface area contributed by atoms with E-state index in [1.165, 1.54) is 12.1 Å². The molecular formula is C13H10BCl2FO3. The fourth-order valence-corrected chi connectivity index (χ4v) is 2.04. The summed E-state index contributed by atoms with van der Waals surface area (Å²) in [6, 6.07) is 8.59. The van der Waals surface area contributed by atoms with Crippen LogP contribution in [0.4, 0.5) is 4.39 Å². The van der Waals surface area contributed by atoms with Gasteiger partial charge in [-0.15, -0.1) is 0 Å². The summed E-state index contributed by atoms with van der Waals surface area (Å²) in [4.78, 5) is 0. The number of benzene rings is 2. The molecule has 0 bridgehead atoms. The molecule has 3 nitrogen and oxygen atoms in total. The second-order valence-corrected chi connectivity index (χ2v) is 4.84. The smallest absolute Gasteiger partial charge is 0.489 e. The van der Waals surface area contributed by atoms with Gasteiger partial charge in [0.25, 0.3) is 0 Å². The summed E-state index contributed by atoms with van der Waals surface area (Å²) < 4.78 is 18.5. The van der Waals surface area contributed by atoms with Gasteiger partial charge in [0.05, 0.1) is 10.0 Å². The van der Waals surface area contributed by atoms with Crippen molar-refractivity contribution in [2.24, 2.45) is 0 Å². The molecule has 20 heavy (non-hydrogen) atoms. The Morgan fingerprint density at radius 1 is 1.15 bits per heavy atom. The molecule has 0 heterocycles. The Morgan fingerprint density at radius 2 is 1.90 bits per heavy atom. The topological polar surface area (TPSA) is 49.7 Å². The average molecular weight is 315 g/mol. The summed E-state index contributed by atoms with van der Waals surface area (Å²) in [6.07, 6.45) is 0. The summed E-state index contributed by atoms with van der Waals surface area (Å²) in [5.41, 5.74) is 0.588. The van der Waals surface area contributed by atoms with Gasteiger partial charge in [0.2, 0.25) is 0 Å². The van der Waals surface area contributed by atoms with Gasteiger partial charge in [-0.25, -0.2) is 4.39 Å². The van der Waals surface area contributed by atoms with Gasteiger partial charge in [-0.05, 0) is 24.3 Å². The lowest BCUT2D eigenvalue weighted by Crippen LogP contribution is -2.31. The molecule has 0 spiro atoms. The molecule has 0 aromatic heterocycles. The van der Waals surface area contributed by atoms with Crippen LogP contribution in [0, 0.1) is 5.82 Å². The summed E-state index contributed by atoms with van der Waals surface area (Å²) in [6.45, 7) is 0.0742. The fourth-order valence-electron chi connectivity index (χ4n) is 1.67. The molecule has 0 amide bonds.